The number of halogens is 2. The molecule has 39 heavy (non-hydrogen) atoms. The van der Waals surface area contributed by atoms with Crippen molar-refractivity contribution in [1.82, 2.24) is 4.90 Å². The zero-order valence-corrected chi connectivity index (χ0v) is 22.3. The maximum Gasteiger partial charge on any atom is 0.295 e. The number of Topliss-reactive ketones (excluding diaryl/α,β-unsaturated/α-hetero) is 1. The molecule has 1 saturated heterocycles. The quantitative estimate of drug-likeness (QED) is 0.210. The van der Waals surface area contributed by atoms with Gasteiger partial charge in [-0.15, -0.1) is 0 Å². The van der Waals surface area contributed by atoms with Crippen LogP contribution in [0.25, 0.3) is 5.76 Å². The monoisotopic (exact) mass is 555 g/mol. The van der Waals surface area contributed by atoms with Gasteiger partial charge in [0.2, 0.25) is 0 Å². The number of carbonyl (C=O) groups excluding carboxylic acids is 2. The molecule has 1 unspecified atom stereocenters. The summed E-state index contributed by atoms with van der Waals surface area (Å²) >= 11 is 6.31. The van der Waals surface area contributed by atoms with Crippen LogP contribution in [0.1, 0.15) is 22.7 Å². The van der Waals surface area contributed by atoms with E-state index in [1.807, 2.05) is 0 Å². The minimum absolute atomic E-state index is 0.101. The highest BCUT2D eigenvalue weighted by Crippen LogP contribution is 2.43. The predicted molar refractivity (Wildman–Crippen MR) is 143 cm³/mol. The van der Waals surface area contributed by atoms with Crippen LogP contribution in [0.3, 0.4) is 0 Å². The summed E-state index contributed by atoms with van der Waals surface area (Å²) in [5, 5.41) is 11.6. The van der Waals surface area contributed by atoms with Crippen LogP contribution in [0.5, 0.6) is 17.2 Å². The summed E-state index contributed by atoms with van der Waals surface area (Å²) < 4.78 is 34.9. The molecule has 1 aliphatic rings. The van der Waals surface area contributed by atoms with Crippen molar-refractivity contribution in [3.8, 4) is 17.2 Å². The summed E-state index contributed by atoms with van der Waals surface area (Å²) in [6, 6.07) is 14.7. The first-order chi connectivity index (χ1) is 18.8. The summed E-state index contributed by atoms with van der Waals surface area (Å²) in [4.78, 5) is 27.8. The van der Waals surface area contributed by atoms with Crippen molar-refractivity contribution in [2.45, 2.75) is 12.6 Å². The number of benzene rings is 3. The lowest BCUT2D eigenvalue weighted by atomic mass is 9.94. The first kappa shape index (κ1) is 27.9. The molecule has 1 heterocycles. The summed E-state index contributed by atoms with van der Waals surface area (Å²) in [7, 11) is 4.32. The molecular weight excluding hydrogens is 529 g/mol. The molecule has 0 bridgehead atoms. The van der Waals surface area contributed by atoms with E-state index in [9.17, 15) is 19.1 Å². The molecule has 3 aromatic rings. The molecule has 0 aromatic heterocycles. The maximum atomic E-state index is 13.3. The molecule has 0 radical (unpaired) electrons. The first-order valence-corrected chi connectivity index (χ1v) is 12.3. The molecule has 1 fully saturated rings. The minimum Gasteiger partial charge on any atom is -0.507 e. The zero-order valence-electron chi connectivity index (χ0n) is 21.6. The van der Waals surface area contributed by atoms with Crippen molar-refractivity contribution < 1.29 is 38.0 Å². The van der Waals surface area contributed by atoms with Crippen LogP contribution in [-0.4, -0.2) is 56.2 Å². The number of methoxy groups -OCH3 is 3. The molecule has 8 nitrogen and oxygen atoms in total. The third-order valence-corrected chi connectivity index (χ3v) is 6.59. The summed E-state index contributed by atoms with van der Waals surface area (Å²) in [6.45, 7) is 0.445. The Balaban J connectivity index is 1.78. The van der Waals surface area contributed by atoms with Crippen LogP contribution in [0.15, 0.2) is 66.2 Å². The molecule has 0 spiro atoms. The largest absolute Gasteiger partial charge is 0.507 e. The van der Waals surface area contributed by atoms with E-state index in [-0.39, 0.29) is 47.5 Å². The number of aliphatic hydroxyl groups excluding tert-OH is 1. The van der Waals surface area contributed by atoms with E-state index in [1.165, 1.54) is 50.5 Å². The van der Waals surface area contributed by atoms with Gasteiger partial charge in [-0.05, 0) is 41.5 Å². The van der Waals surface area contributed by atoms with Crippen molar-refractivity contribution in [1.29, 1.82) is 0 Å². The average Bonchev–Trinajstić information content (AvgIpc) is 3.20. The van der Waals surface area contributed by atoms with Crippen LogP contribution < -0.4 is 14.2 Å². The lowest BCUT2D eigenvalue weighted by molar-refractivity contribution is -0.140. The molecule has 3 aromatic carbocycles. The number of hydrogen-bond donors (Lipinski definition) is 1. The lowest BCUT2D eigenvalue weighted by Crippen LogP contribution is -2.32. The number of ether oxygens (including phenoxy) is 4. The van der Waals surface area contributed by atoms with E-state index in [0.29, 0.717) is 17.1 Å². The lowest BCUT2D eigenvalue weighted by Gasteiger charge is -2.25. The van der Waals surface area contributed by atoms with Crippen molar-refractivity contribution >= 4 is 29.1 Å². The van der Waals surface area contributed by atoms with Gasteiger partial charge in [-0.3, -0.25) is 9.59 Å². The van der Waals surface area contributed by atoms with Crippen LogP contribution in [0, 0.1) is 5.82 Å². The van der Waals surface area contributed by atoms with Gasteiger partial charge in [-0.1, -0.05) is 35.9 Å². The fraction of sp³-hybridized carbons (Fsp3) is 0.241. The van der Waals surface area contributed by atoms with Crippen LogP contribution in [0.2, 0.25) is 5.02 Å². The summed E-state index contributed by atoms with van der Waals surface area (Å²) in [5.74, 6) is -1.46. The summed E-state index contributed by atoms with van der Waals surface area (Å²) in [6.07, 6.45) is 0. The summed E-state index contributed by atoms with van der Waals surface area (Å²) in [5.41, 5.74) is 1.28. The number of aliphatic hydroxyl groups is 1. The van der Waals surface area contributed by atoms with Gasteiger partial charge in [0, 0.05) is 19.7 Å². The highest BCUT2D eigenvalue weighted by molar-refractivity contribution is 6.46. The second-order valence-corrected chi connectivity index (χ2v) is 9.07. The fourth-order valence-corrected chi connectivity index (χ4v) is 4.60. The van der Waals surface area contributed by atoms with Gasteiger partial charge in [0.05, 0.1) is 43.0 Å². The number of ketones is 1. The second-order valence-electron chi connectivity index (χ2n) is 8.66. The number of carbonyl (C=O) groups is 2. The van der Waals surface area contributed by atoms with Crippen molar-refractivity contribution in [2.24, 2.45) is 0 Å². The van der Waals surface area contributed by atoms with Gasteiger partial charge in [0.15, 0.2) is 0 Å². The van der Waals surface area contributed by atoms with E-state index in [0.717, 1.165) is 5.56 Å². The van der Waals surface area contributed by atoms with Gasteiger partial charge < -0.3 is 29.0 Å². The Hall–Kier alpha value is -4.08. The number of nitrogens with zero attached hydrogens (tertiary/aromatic N) is 1. The molecular formula is C29H27ClFNO7. The molecule has 1 aliphatic heterocycles. The third-order valence-electron chi connectivity index (χ3n) is 6.30. The normalized spacial score (nSPS) is 16.4. The van der Waals surface area contributed by atoms with Crippen molar-refractivity contribution in [3.05, 3.63) is 93.8 Å². The molecule has 0 aliphatic carbocycles. The fourth-order valence-electron chi connectivity index (χ4n) is 4.36. The van der Waals surface area contributed by atoms with E-state index in [4.69, 9.17) is 30.5 Å². The Morgan fingerprint density at radius 1 is 1.00 bits per heavy atom. The van der Waals surface area contributed by atoms with Gasteiger partial charge in [0.25, 0.3) is 11.7 Å². The first-order valence-electron chi connectivity index (χ1n) is 12.0. The maximum absolute atomic E-state index is 13.3. The van der Waals surface area contributed by atoms with Crippen LogP contribution in [-0.2, 0) is 20.9 Å². The third kappa shape index (κ3) is 5.84. The molecule has 0 saturated carbocycles. The van der Waals surface area contributed by atoms with Gasteiger partial charge >= 0.3 is 0 Å². The van der Waals surface area contributed by atoms with Gasteiger partial charge in [-0.2, -0.15) is 0 Å². The Morgan fingerprint density at radius 3 is 2.38 bits per heavy atom. The van der Waals surface area contributed by atoms with Crippen LogP contribution in [0.4, 0.5) is 4.39 Å². The number of likely N-dealkylation sites (tertiary alicyclic amines) is 1. The van der Waals surface area contributed by atoms with E-state index in [2.05, 4.69) is 0 Å². The Bertz CT molecular complexity index is 1410. The number of hydrogen-bond acceptors (Lipinski definition) is 7. The van der Waals surface area contributed by atoms with Crippen molar-refractivity contribution in [3.63, 3.8) is 0 Å². The standard InChI is InChI=1S/C29H27ClFNO7/c1-36-12-11-32-26(18-5-4-6-20(13-18)39-16-17-7-9-19(31)10-8-17)25(28(34)29(32)35)27(33)21-14-22(30)24(38-3)15-23(21)37-2/h4-10,13-15,26,33H,11-12,16H2,1-3H3/b27-25+. The van der Waals surface area contributed by atoms with E-state index in [1.54, 1.807) is 36.4 Å². The Labute approximate surface area is 230 Å². The molecule has 4 rings (SSSR count). The number of rotatable bonds is 10. The minimum atomic E-state index is -0.944. The Morgan fingerprint density at radius 2 is 1.72 bits per heavy atom. The topological polar surface area (TPSA) is 94.5 Å². The smallest absolute Gasteiger partial charge is 0.295 e. The van der Waals surface area contributed by atoms with Gasteiger partial charge in [0.1, 0.15) is 35.4 Å². The SMILES string of the molecule is COCCN1C(=O)C(=O)/C(=C(/O)c2cc(Cl)c(OC)cc2OC)C1c1cccc(OCc2ccc(F)cc2)c1. The molecule has 1 amide bonds. The predicted octanol–water partition coefficient (Wildman–Crippen LogP) is 5.14. The highest BCUT2D eigenvalue weighted by Gasteiger charge is 2.46. The van der Waals surface area contributed by atoms with Crippen LogP contribution >= 0.6 is 11.6 Å². The molecule has 10 heteroatoms. The average molecular weight is 556 g/mol. The Kier molecular flexibility index (Phi) is 8.73. The highest BCUT2D eigenvalue weighted by atomic mass is 35.5. The van der Waals surface area contributed by atoms with E-state index < -0.39 is 23.5 Å². The molecule has 1 N–H and O–H groups in total. The zero-order chi connectivity index (χ0) is 28.1. The number of amides is 1. The van der Waals surface area contributed by atoms with Gasteiger partial charge in [-0.25, -0.2) is 4.39 Å². The molecule has 1 atom stereocenters. The molecule has 204 valence electrons. The second kappa shape index (κ2) is 12.2. The van der Waals surface area contributed by atoms with E-state index >= 15 is 0 Å². The van der Waals surface area contributed by atoms with Crippen molar-refractivity contribution in [2.75, 3.05) is 34.5 Å².